The second-order valence-electron chi connectivity index (χ2n) is 6.77. The number of nitrogens with one attached hydrogen (secondary N) is 1. The third kappa shape index (κ3) is 5.11. The Labute approximate surface area is 168 Å². The SMILES string of the molecule is CCN(CC)c1ccc(NC(=O)CN(C)S(=O)(=O)c2ccc(C)c(C)c2)cc1. The zero-order valence-corrected chi connectivity index (χ0v) is 18.0. The van der Waals surface area contributed by atoms with Gasteiger partial charge < -0.3 is 10.2 Å². The van der Waals surface area contributed by atoms with Crippen molar-refractivity contribution in [3.8, 4) is 0 Å². The van der Waals surface area contributed by atoms with Crippen molar-refractivity contribution >= 4 is 27.3 Å². The van der Waals surface area contributed by atoms with Gasteiger partial charge in [-0.2, -0.15) is 4.31 Å². The lowest BCUT2D eigenvalue weighted by Crippen LogP contribution is -2.35. The summed E-state index contributed by atoms with van der Waals surface area (Å²) in [5.41, 5.74) is 3.63. The van der Waals surface area contributed by atoms with Crippen molar-refractivity contribution in [2.45, 2.75) is 32.6 Å². The van der Waals surface area contributed by atoms with Crippen LogP contribution in [-0.2, 0) is 14.8 Å². The molecule has 2 rings (SSSR count). The molecule has 0 aliphatic rings. The Bertz CT molecular complexity index is 920. The summed E-state index contributed by atoms with van der Waals surface area (Å²) in [7, 11) is -2.31. The lowest BCUT2D eigenvalue weighted by molar-refractivity contribution is -0.116. The summed E-state index contributed by atoms with van der Waals surface area (Å²) in [5.74, 6) is -0.384. The van der Waals surface area contributed by atoms with Crippen LogP contribution in [0.2, 0.25) is 0 Å². The normalized spacial score (nSPS) is 11.5. The summed E-state index contributed by atoms with van der Waals surface area (Å²) in [5, 5.41) is 2.76. The minimum atomic E-state index is -3.72. The molecule has 0 heterocycles. The van der Waals surface area contributed by atoms with E-state index in [-0.39, 0.29) is 17.3 Å². The number of hydrogen-bond acceptors (Lipinski definition) is 4. The maximum absolute atomic E-state index is 12.7. The van der Waals surface area contributed by atoms with E-state index < -0.39 is 10.0 Å². The van der Waals surface area contributed by atoms with Crippen LogP contribution in [0.15, 0.2) is 47.4 Å². The fourth-order valence-electron chi connectivity index (χ4n) is 2.89. The van der Waals surface area contributed by atoms with Gasteiger partial charge in [0.1, 0.15) is 0 Å². The molecular weight excluding hydrogens is 374 g/mol. The van der Waals surface area contributed by atoms with Gasteiger partial charge in [-0.15, -0.1) is 0 Å². The third-order valence-electron chi connectivity index (χ3n) is 4.83. The van der Waals surface area contributed by atoms with Crippen LogP contribution in [0, 0.1) is 13.8 Å². The summed E-state index contributed by atoms with van der Waals surface area (Å²) < 4.78 is 26.5. The minimum absolute atomic E-state index is 0.189. The monoisotopic (exact) mass is 403 g/mol. The van der Waals surface area contributed by atoms with Crippen LogP contribution in [0.5, 0.6) is 0 Å². The number of carbonyl (C=O) groups is 1. The van der Waals surface area contributed by atoms with Crippen LogP contribution >= 0.6 is 0 Å². The standard InChI is InChI=1S/C21H29N3O3S/c1-6-24(7-2)19-11-9-18(10-12-19)22-21(25)15-23(5)28(26,27)20-13-8-16(3)17(4)14-20/h8-14H,6-7,15H2,1-5H3,(H,22,25). The van der Waals surface area contributed by atoms with Crippen LogP contribution in [-0.4, -0.2) is 45.3 Å². The van der Waals surface area contributed by atoms with Crippen molar-refractivity contribution in [3.63, 3.8) is 0 Å². The van der Waals surface area contributed by atoms with Crippen LogP contribution in [0.1, 0.15) is 25.0 Å². The molecule has 0 unspecified atom stereocenters. The first-order valence-electron chi connectivity index (χ1n) is 9.37. The quantitative estimate of drug-likeness (QED) is 0.733. The van der Waals surface area contributed by atoms with E-state index in [9.17, 15) is 13.2 Å². The molecular formula is C21H29N3O3S. The number of carbonyl (C=O) groups excluding carboxylic acids is 1. The Morgan fingerprint density at radius 3 is 2.11 bits per heavy atom. The molecule has 152 valence electrons. The molecule has 0 bridgehead atoms. The first-order chi connectivity index (χ1) is 13.2. The first kappa shape index (κ1) is 21.9. The molecule has 0 aliphatic heterocycles. The number of sulfonamides is 1. The molecule has 7 heteroatoms. The van der Waals surface area contributed by atoms with E-state index in [1.807, 2.05) is 38.1 Å². The molecule has 0 spiro atoms. The molecule has 0 saturated carbocycles. The predicted octanol–water partition coefficient (Wildman–Crippen LogP) is 3.41. The predicted molar refractivity (Wildman–Crippen MR) is 114 cm³/mol. The van der Waals surface area contributed by atoms with Crippen molar-refractivity contribution in [2.75, 3.05) is 36.9 Å². The summed E-state index contributed by atoms with van der Waals surface area (Å²) in [6, 6.07) is 12.5. The fourth-order valence-corrected chi connectivity index (χ4v) is 4.10. The van der Waals surface area contributed by atoms with E-state index in [1.54, 1.807) is 18.2 Å². The Balaban J connectivity index is 2.04. The number of aryl methyl sites for hydroxylation is 2. The number of hydrogen-bond donors (Lipinski definition) is 1. The highest BCUT2D eigenvalue weighted by molar-refractivity contribution is 7.89. The molecule has 2 aromatic rings. The van der Waals surface area contributed by atoms with Crippen molar-refractivity contribution in [1.29, 1.82) is 0 Å². The Kier molecular flexibility index (Phi) is 7.21. The van der Waals surface area contributed by atoms with Gasteiger partial charge in [-0.1, -0.05) is 6.07 Å². The van der Waals surface area contributed by atoms with Gasteiger partial charge in [-0.05, 0) is 75.2 Å². The van der Waals surface area contributed by atoms with Crippen molar-refractivity contribution in [1.82, 2.24) is 4.31 Å². The second kappa shape index (κ2) is 9.21. The average Bonchev–Trinajstić information content (AvgIpc) is 2.66. The first-order valence-corrected chi connectivity index (χ1v) is 10.8. The molecule has 0 radical (unpaired) electrons. The summed E-state index contributed by atoms with van der Waals surface area (Å²) >= 11 is 0. The molecule has 2 aromatic carbocycles. The summed E-state index contributed by atoms with van der Waals surface area (Å²) in [6.45, 7) is 9.52. The van der Waals surface area contributed by atoms with Crippen molar-refractivity contribution < 1.29 is 13.2 Å². The van der Waals surface area contributed by atoms with Crippen LogP contribution in [0.25, 0.3) is 0 Å². The maximum Gasteiger partial charge on any atom is 0.243 e. The Morgan fingerprint density at radius 1 is 0.964 bits per heavy atom. The molecule has 0 atom stereocenters. The second-order valence-corrected chi connectivity index (χ2v) is 8.82. The number of amides is 1. The van der Waals surface area contributed by atoms with Gasteiger partial charge >= 0.3 is 0 Å². The van der Waals surface area contributed by atoms with E-state index in [2.05, 4.69) is 24.1 Å². The highest BCUT2D eigenvalue weighted by Crippen LogP contribution is 2.19. The van der Waals surface area contributed by atoms with Crippen LogP contribution in [0.4, 0.5) is 11.4 Å². The number of benzene rings is 2. The Hall–Kier alpha value is -2.38. The summed E-state index contributed by atoms with van der Waals surface area (Å²) in [6.07, 6.45) is 0. The maximum atomic E-state index is 12.7. The van der Waals surface area contributed by atoms with Gasteiger partial charge in [0.15, 0.2) is 0 Å². The van der Waals surface area contributed by atoms with E-state index in [0.717, 1.165) is 34.2 Å². The lowest BCUT2D eigenvalue weighted by Gasteiger charge is -2.21. The van der Waals surface area contributed by atoms with Gasteiger partial charge in [0.2, 0.25) is 15.9 Å². The van der Waals surface area contributed by atoms with Gasteiger partial charge in [-0.25, -0.2) is 8.42 Å². The molecule has 0 saturated heterocycles. The number of rotatable bonds is 8. The third-order valence-corrected chi connectivity index (χ3v) is 6.63. The van der Waals surface area contributed by atoms with E-state index in [0.29, 0.717) is 5.69 Å². The van der Waals surface area contributed by atoms with Crippen LogP contribution in [0.3, 0.4) is 0 Å². The van der Waals surface area contributed by atoms with Gasteiger partial charge in [0.05, 0.1) is 11.4 Å². The highest BCUT2D eigenvalue weighted by atomic mass is 32.2. The molecule has 1 amide bonds. The smallest absolute Gasteiger partial charge is 0.243 e. The molecule has 6 nitrogen and oxygen atoms in total. The van der Waals surface area contributed by atoms with Gasteiger partial charge in [0.25, 0.3) is 0 Å². The molecule has 1 N–H and O–H groups in total. The highest BCUT2D eigenvalue weighted by Gasteiger charge is 2.23. The van der Waals surface area contributed by atoms with Crippen molar-refractivity contribution in [3.05, 3.63) is 53.6 Å². The zero-order chi connectivity index (χ0) is 20.9. The number of nitrogens with zero attached hydrogens (tertiary/aromatic N) is 2. The summed E-state index contributed by atoms with van der Waals surface area (Å²) in [4.78, 5) is 14.7. The fraction of sp³-hybridized carbons (Fsp3) is 0.381. The van der Waals surface area contributed by atoms with E-state index >= 15 is 0 Å². The minimum Gasteiger partial charge on any atom is -0.372 e. The van der Waals surface area contributed by atoms with Crippen LogP contribution < -0.4 is 10.2 Å². The Morgan fingerprint density at radius 2 is 1.57 bits per heavy atom. The largest absolute Gasteiger partial charge is 0.372 e. The lowest BCUT2D eigenvalue weighted by atomic mass is 10.1. The number of likely N-dealkylation sites (N-methyl/N-ethyl adjacent to an activating group) is 1. The molecule has 0 aromatic heterocycles. The van der Waals surface area contributed by atoms with E-state index in [4.69, 9.17) is 0 Å². The van der Waals surface area contributed by atoms with E-state index in [1.165, 1.54) is 7.05 Å². The molecule has 28 heavy (non-hydrogen) atoms. The average molecular weight is 404 g/mol. The van der Waals surface area contributed by atoms with Crippen molar-refractivity contribution in [2.24, 2.45) is 0 Å². The molecule has 0 fully saturated rings. The number of anilines is 2. The zero-order valence-electron chi connectivity index (χ0n) is 17.2. The molecule has 0 aliphatic carbocycles. The van der Waals surface area contributed by atoms with Gasteiger partial charge in [0, 0.05) is 31.5 Å². The topological polar surface area (TPSA) is 69.7 Å². The van der Waals surface area contributed by atoms with Gasteiger partial charge in [-0.3, -0.25) is 4.79 Å².